The van der Waals surface area contributed by atoms with Crippen molar-refractivity contribution in [3.8, 4) is 0 Å². The number of aliphatic hydroxyl groups excluding tert-OH is 1. The molecule has 0 saturated carbocycles. The molecule has 0 bridgehead atoms. The lowest BCUT2D eigenvalue weighted by Gasteiger charge is -2.13. The standard InChI is InChI=1S/C15H33NO8P2/c1-3-26(18,19)24-14-15(17)13-23-12-11-22-10-9-21-8-7-20-6-4-5-16-25-2/h3,15-17,25H,1,4-14H2,2H3,(H,18,19). The average molecular weight is 417 g/mol. The van der Waals surface area contributed by atoms with Gasteiger partial charge in [0.25, 0.3) is 0 Å². The first-order valence-electron chi connectivity index (χ1n) is 8.51. The summed E-state index contributed by atoms with van der Waals surface area (Å²) in [6.07, 6.45) is 0.00940. The summed E-state index contributed by atoms with van der Waals surface area (Å²) >= 11 is 0. The monoisotopic (exact) mass is 417 g/mol. The van der Waals surface area contributed by atoms with Crippen molar-refractivity contribution in [2.45, 2.75) is 12.5 Å². The molecule has 156 valence electrons. The molecule has 0 aromatic heterocycles. The lowest BCUT2D eigenvalue weighted by atomic mass is 10.4. The summed E-state index contributed by atoms with van der Waals surface area (Å²) in [5.41, 5.74) is 0. The predicted octanol–water partition coefficient (Wildman–Crippen LogP) is 0.962. The SMILES string of the molecule is C=CP(=O)(O)OCC(O)COCCOCCOCCOCCCNPC. The van der Waals surface area contributed by atoms with Crippen LogP contribution in [-0.4, -0.2) is 88.8 Å². The Morgan fingerprint density at radius 3 is 2.12 bits per heavy atom. The van der Waals surface area contributed by atoms with E-state index in [1.807, 2.05) is 0 Å². The van der Waals surface area contributed by atoms with Crippen LogP contribution in [0.5, 0.6) is 0 Å². The van der Waals surface area contributed by atoms with Crippen LogP contribution in [0.15, 0.2) is 12.4 Å². The molecule has 11 heteroatoms. The quantitative estimate of drug-likeness (QED) is 0.197. The second-order valence-corrected chi connectivity index (χ2v) is 7.74. The van der Waals surface area contributed by atoms with Crippen molar-refractivity contribution in [1.82, 2.24) is 5.09 Å². The predicted molar refractivity (Wildman–Crippen MR) is 102 cm³/mol. The molecule has 9 nitrogen and oxygen atoms in total. The Morgan fingerprint density at radius 2 is 1.58 bits per heavy atom. The van der Waals surface area contributed by atoms with Gasteiger partial charge in [0, 0.05) is 19.0 Å². The van der Waals surface area contributed by atoms with Crippen molar-refractivity contribution in [1.29, 1.82) is 0 Å². The highest BCUT2D eigenvalue weighted by atomic mass is 31.2. The van der Waals surface area contributed by atoms with E-state index in [1.165, 1.54) is 0 Å². The van der Waals surface area contributed by atoms with Gasteiger partial charge >= 0.3 is 7.60 Å². The van der Waals surface area contributed by atoms with E-state index in [0.717, 1.165) is 34.1 Å². The minimum absolute atomic E-state index is 0.0114. The van der Waals surface area contributed by atoms with Crippen LogP contribution in [0.25, 0.3) is 0 Å². The maximum absolute atomic E-state index is 11.1. The maximum atomic E-state index is 11.1. The molecule has 0 amide bonds. The van der Waals surface area contributed by atoms with Crippen molar-refractivity contribution in [3.05, 3.63) is 12.4 Å². The van der Waals surface area contributed by atoms with Gasteiger partial charge in [-0.15, -0.1) is 0 Å². The summed E-state index contributed by atoms with van der Waals surface area (Å²) in [5, 5.41) is 12.8. The summed E-state index contributed by atoms with van der Waals surface area (Å²) in [6, 6.07) is 0. The summed E-state index contributed by atoms with van der Waals surface area (Å²) in [7, 11) is -3.03. The number of hydrogen-bond acceptors (Lipinski definition) is 8. The molecule has 0 aliphatic carbocycles. The molecule has 0 aliphatic heterocycles. The molecule has 26 heavy (non-hydrogen) atoms. The topological polar surface area (TPSA) is 116 Å². The van der Waals surface area contributed by atoms with Crippen LogP contribution in [0.4, 0.5) is 0 Å². The van der Waals surface area contributed by atoms with Crippen molar-refractivity contribution in [3.63, 3.8) is 0 Å². The average Bonchev–Trinajstić information content (AvgIpc) is 2.63. The fourth-order valence-electron chi connectivity index (χ4n) is 1.56. The Kier molecular flexibility index (Phi) is 18.5. The summed E-state index contributed by atoms with van der Waals surface area (Å²) < 4.78 is 37.0. The molecule has 3 N–H and O–H groups in total. The van der Waals surface area contributed by atoms with Crippen LogP contribution in [0.3, 0.4) is 0 Å². The van der Waals surface area contributed by atoms with Gasteiger partial charge in [-0.05, 0) is 13.1 Å². The lowest BCUT2D eigenvalue weighted by molar-refractivity contribution is -0.0248. The number of nitrogens with one attached hydrogen (secondary N) is 1. The van der Waals surface area contributed by atoms with Crippen LogP contribution in [0.1, 0.15) is 6.42 Å². The first kappa shape index (κ1) is 26.1. The summed E-state index contributed by atoms with van der Waals surface area (Å²) in [6.45, 7) is 9.37. The molecule has 0 saturated heterocycles. The molecule has 0 rings (SSSR count). The van der Waals surface area contributed by atoms with Crippen LogP contribution in [-0.2, 0) is 28.0 Å². The first-order valence-corrected chi connectivity index (χ1v) is 11.7. The van der Waals surface area contributed by atoms with Crippen molar-refractivity contribution >= 4 is 16.3 Å². The normalized spacial score (nSPS) is 15.3. The van der Waals surface area contributed by atoms with E-state index >= 15 is 0 Å². The van der Waals surface area contributed by atoms with Crippen LogP contribution >= 0.6 is 16.3 Å². The van der Waals surface area contributed by atoms with Crippen LogP contribution < -0.4 is 5.09 Å². The molecule has 0 aromatic rings. The van der Waals surface area contributed by atoms with E-state index in [2.05, 4.69) is 22.9 Å². The second kappa shape index (κ2) is 18.4. The van der Waals surface area contributed by atoms with E-state index in [0.29, 0.717) is 39.6 Å². The third-order valence-electron chi connectivity index (χ3n) is 2.88. The molecule has 0 aliphatic rings. The van der Waals surface area contributed by atoms with E-state index in [9.17, 15) is 9.67 Å². The van der Waals surface area contributed by atoms with Gasteiger partial charge in [0.15, 0.2) is 0 Å². The smallest absolute Gasteiger partial charge is 0.351 e. The molecule has 0 aromatic carbocycles. The molecule has 0 heterocycles. The fourth-order valence-corrected chi connectivity index (χ4v) is 2.48. The van der Waals surface area contributed by atoms with E-state index in [1.54, 1.807) is 0 Å². The van der Waals surface area contributed by atoms with Gasteiger partial charge in [0.1, 0.15) is 6.10 Å². The Labute approximate surface area is 157 Å². The number of rotatable bonds is 20. The molecule has 0 spiro atoms. The maximum Gasteiger partial charge on any atom is 0.351 e. The Morgan fingerprint density at radius 1 is 1.04 bits per heavy atom. The zero-order valence-electron chi connectivity index (χ0n) is 15.4. The van der Waals surface area contributed by atoms with E-state index in [4.69, 9.17) is 23.8 Å². The van der Waals surface area contributed by atoms with Gasteiger partial charge < -0.3 is 33.5 Å². The lowest BCUT2D eigenvalue weighted by Crippen LogP contribution is -2.22. The summed E-state index contributed by atoms with van der Waals surface area (Å²) in [4.78, 5) is 9.10. The molecule has 0 fully saturated rings. The highest BCUT2D eigenvalue weighted by Gasteiger charge is 2.16. The summed E-state index contributed by atoms with van der Waals surface area (Å²) in [5.74, 6) is 0.813. The second-order valence-electron chi connectivity index (χ2n) is 5.14. The van der Waals surface area contributed by atoms with Gasteiger partial charge in [-0.2, -0.15) is 0 Å². The zero-order chi connectivity index (χ0) is 19.5. The van der Waals surface area contributed by atoms with E-state index < -0.39 is 13.7 Å². The fraction of sp³-hybridized carbons (Fsp3) is 0.867. The minimum Gasteiger partial charge on any atom is -0.388 e. The third-order valence-corrected chi connectivity index (χ3v) is 4.46. The van der Waals surface area contributed by atoms with Gasteiger partial charge in [0.05, 0.1) is 52.9 Å². The Hall–Kier alpha value is 0.0800. The van der Waals surface area contributed by atoms with Crippen molar-refractivity contribution in [2.24, 2.45) is 0 Å². The molecule has 3 unspecified atom stereocenters. The Balaban J connectivity index is 3.22. The van der Waals surface area contributed by atoms with Crippen LogP contribution in [0, 0.1) is 0 Å². The largest absolute Gasteiger partial charge is 0.388 e. The highest BCUT2D eigenvalue weighted by molar-refractivity contribution is 7.56. The third kappa shape index (κ3) is 18.9. The van der Waals surface area contributed by atoms with Gasteiger partial charge in [-0.3, -0.25) is 9.65 Å². The molecular formula is C15H33NO8P2. The zero-order valence-corrected chi connectivity index (χ0v) is 17.3. The van der Waals surface area contributed by atoms with Crippen molar-refractivity contribution in [2.75, 3.05) is 72.7 Å². The van der Waals surface area contributed by atoms with Gasteiger partial charge in [0.2, 0.25) is 0 Å². The molecule has 3 atom stereocenters. The van der Waals surface area contributed by atoms with E-state index in [-0.39, 0.29) is 13.2 Å². The number of ether oxygens (including phenoxy) is 4. The highest BCUT2D eigenvalue weighted by Crippen LogP contribution is 2.42. The minimum atomic E-state index is -3.80. The number of hydrogen-bond donors (Lipinski definition) is 3. The van der Waals surface area contributed by atoms with Gasteiger partial charge in [-0.1, -0.05) is 15.3 Å². The number of aliphatic hydroxyl groups is 1. The molecule has 0 radical (unpaired) electrons. The first-order chi connectivity index (χ1) is 12.5. The van der Waals surface area contributed by atoms with Gasteiger partial charge in [-0.25, -0.2) is 0 Å². The molecular weight excluding hydrogens is 384 g/mol. The van der Waals surface area contributed by atoms with Crippen molar-refractivity contribution < 1.29 is 38.0 Å². The Bertz CT molecular complexity index is 376. The van der Waals surface area contributed by atoms with Crippen LogP contribution in [0.2, 0.25) is 0 Å².